The van der Waals surface area contributed by atoms with Gasteiger partial charge in [0.25, 0.3) is 0 Å². The first kappa shape index (κ1) is 32.1. The Morgan fingerprint density at radius 2 is 1.81 bits per heavy atom. The molecule has 0 amide bonds. The van der Waals surface area contributed by atoms with E-state index in [1.165, 1.54) is 7.11 Å². The summed E-state index contributed by atoms with van der Waals surface area (Å²) in [6.07, 6.45) is 13.0. The fourth-order valence-electron chi connectivity index (χ4n) is 5.58. The van der Waals surface area contributed by atoms with E-state index in [4.69, 9.17) is 28.4 Å². The van der Waals surface area contributed by atoms with E-state index in [0.717, 1.165) is 38.5 Å². The van der Waals surface area contributed by atoms with Crippen LogP contribution in [0.3, 0.4) is 0 Å². The van der Waals surface area contributed by atoms with E-state index in [9.17, 15) is 14.7 Å². The van der Waals surface area contributed by atoms with Crippen molar-refractivity contribution in [1.29, 1.82) is 0 Å². The summed E-state index contributed by atoms with van der Waals surface area (Å²) in [4.78, 5) is 25.2. The van der Waals surface area contributed by atoms with E-state index < -0.39 is 11.8 Å². The lowest BCUT2D eigenvalue weighted by molar-refractivity contribution is -0.202. The molecule has 0 bridgehead atoms. The second kappa shape index (κ2) is 16.2. The maximum absolute atomic E-state index is 13.2. The summed E-state index contributed by atoms with van der Waals surface area (Å²) >= 11 is 0. The molecule has 9 heteroatoms. The molecule has 7 atom stereocenters. The van der Waals surface area contributed by atoms with Crippen LogP contribution in [0.15, 0.2) is 60.4 Å². The summed E-state index contributed by atoms with van der Waals surface area (Å²) < 4.78 is 34.9. The first-order chi connectivity index (χ1) is 20.4. The van der Waals surface area contributed by atoms with Gasteiger partial charge in [0.05, 0.1) is 18.6 Å². The van der Waals surface area contributed by atoms with E-state index in [0.29, 0.717) is 31.8 Å². The van der Waals surface area contributed by atoms with Crippen LogP contribution in [0.4, 0.5) is 0 Å². The third-order valence-electron chi connectivity index (χ3n) is 7.94. The minimum atomic E-state index is -1.90. The van der Waals surface area contributed by atoms with Crippen molar-refractivity contribution in [3.63, 3.8) is 0 Å². The molecule has 230 valence electrons. The molecule has 0 spiro atoms. The summed E-state index contributed by atoms with van der Waals surface area (Å²) in [6.45, 7) is 3.36. The van der Waals surface area contributed by atoms with Gasteiger partial charge in [0.2, 0.25) is 0 Å². The Morgan fingerprint density at radius 1 is 1.10 bits per heavy atom. The normalized spacial score (nSPS) is 28.5. The Labute approximate surface area is 248 Å². The number of hydrogen-bond donors (Lipinski definition) is 1. The highest BCUT2D eigenvalue weighted by Gasteiger charge is 2.43. The minimum absolute atomic E-state index is 0.0744. The number of para-hydroxylation sites is 1. The number of benzene rings is 1. The first-order valence-electron chi connectivity index (χ1n) is 15.1. The number of methoxy groups -OCH3 is 1. The number of Topliss-reactive ketones (excluding diaryl/α,β-unsaturated/α-hetero) is 1. The molecule has 0 radical (unpaired) electrons. The summed E-state index contributed by atoms with van der Waals surface area (Å²) in [5.74, 6) is -3.10. The summed E-state index contributed by atoms with van der Waals surface area (Å²) in [5.41, 5.74) is 3.04. The van der Waals surface area contributed by atoms with Gasteiger partial charge < -0.3 is 33.5 Å². The SMILES string of the molecule is COC(CC=C=CC[C@H]1C(=O)CC([16O]C2CCCCO2)[C@@H]1/C=C/C(C)[16O]C1CCCCO1)(Oc1ccccc1)C(=O)O. The molecule has 5 unspecified atom stereocenters. The van der Waals surface area contributed by atoms with E-state index in [1.807, 2.05) is 25.1 Å². The van der Waals surface area contributed by atoms with Crippen molar-refractivity contribution >= 4 is 11.8 Å². The lowest BCUT2D eigenvalue weighted by atomic mass is 9.90. The maximum Gasteiger partial charge on any atom is 0.377 e. The first-order valence-corrected chi connectivity index (χ1v) is 15.1. The molecule has 3 fully saturated rings. The molecule has 3 aliphatic rings. The fraction of sp³-hybridized carbons (Fsp3) is 0.606. The van der Waals surface area contributed by atoms with Crippen molar-refractivity contribution in [1.82, 2.24) is 0 Å². The zero-order chi connectivity index (χ0) is 29.8. The van der Waals surface area contributed by atoms with Crippen LogP contribution >= 0.6 is 0 Å². The number of carboxylic acid groups (broad SMARTS) is 1. The van der Waals surface area contributed by atoms with Crippen LogP contribution < -0.4 is 4.74 Å². The van der Waals surface area contributed by atoms with Crippen molar-refractivity contribution in [2.45, 2.75) is 95.3 Å². The van der Waals surface area contributed by atoms with E-state index in [1.54, 1.807) is 36.4 Å². The Bertz CT molecular complexity index is 1080. The number of carbonyl (C=O) groups is 2. The molecular weight excluding hydrogens is 540 g/mol. The topological polar surface area (TPSA) is 110 Å². The minimum Gasteiger partial charge on any atom is -0.476 e. The molecule has 2 heterocycles. The van der Waals surface area contributed by atoms with Crippen LogP contribution in [-0.2, 0) is 33.3 Å². The number of ether oxygens (including phenoxy) is 6. The molecule has 1 aromatic carbocycles. The van der Waals surface area contributed by atoms with Crippen LogP contribution in [0.25, 0.3) is 0 Å². The highest BCUT2D eigenvalue weighted by Crippen LogP contribution is 2.37. The van der Waals surface area contributed by atoms with Crippen molar-refractivity contribution < 1.29 is 43.1 Å². The summed E-state index contributed by atoms with van der Waals surface area (Å²) in [5, 5.41) is 9.85. The van der Waals surface area contributed by atoms with Crippen molar-refractivity contribution in [2.24, 2.45) is 11.8 Å². The molecule has 42 heavy (non-hydrogen) atoms. The van der Waals surface area contributed by atoms with Crippen LogP contribution in [0.2, 0.25) is 0 Å². The molecule has 1 aromatic rings. The second-order valence-corrected chi connectivity index (χ2v) is 11.0. The largest absolute Gasteiger partial charge is 0.476 e. The number of carbonyl (C=O) groups excluding carboxylic acids is 1. The predicted octanol–water partition coefficient (Wildman–Crippen LogP) is 5.59. The molecule has 4 rings (SSSR count). The lowest BCUT2D eigenvalue weighted by Gasteiger charge is -2.29. The van der Waals surface area contributed by atoms with Gasteiger partial charge in [0.1, 0.15) is 11.5 Å². The molecule has 9 nitrogen and oxygen atoms in total. The summed E-state index contributed by atoms with van der Waals surface area (Å²) in [6, 6.07) is 8.66. The standard InChI is InChI=1S/C33H44O9/c1-24(40-30-16-8-11-21-38-30)18-19-27-26(28(34)23-29(27)41-31-17-9-12-22-39-31)15-7-4-10-20-33(37-2,32(35)36)42-25-13-5-3-6-14-25/h3,5-7,10,13-14,18-19,24,26-27,29-31H,8-9,11-12,15-17,20-23H2,1-2H3,(H,35,36)/b19-18+/t4?,24?,26-,27-,29?,30?,31?,33?/m1/s1/i40+0,41+0. The third kappa shape index (κ3) is 9.11. The maximum atomic E-state index is 13.2. The molecular formula is C33H44O9. The number of ketones is 1. The van der Waals surface area contributed by atoms with Gasteiger partial charge in [0.15, 0.2) is 12.6 Å². The Balaban J connectivity index is 1.43. The van der Waals surface area contributed by atoms with Gasteiger partial charge in [0, 0.05) is 38.6 Å². The Morgan fingerprint density at radius 3 is 2.45 bits per heavy atom. The van der Waals surface area contributed by atoms with Gasteiger partial charge in [-0.2, -0.15) is 0 Å². The average molecular weight is 585 g/mol. The predicted molar refractivity (Wildman–Crippen MR) is 155 cm³/mol. The van der Waals surface area contributed by atoms with Crippen LogP contribution in [0.5, 0.6) is 5.75 Å². The van der Waals surface area contributed by atoms with Crippen molar-refractivity contribution in [3.8, 4) is 5.75 Å². The molecule has 1 saturated carbocycles. The zero-order valence-electron chi connectivity index (χ0n) is 24.7. The van der Waals surface area contributed by atoms with Crippen molar-refractivity contribution in [3.05, 3.63) is 60.4 Å². The number of carboxylic acids is 1. The highest BCUT2D eigenvalue weighted by molar-refractivity contribution is 5.85. The second-order valence-electron chi connectivity index (χ2n) is 11.0. The molecule has 2 saturated heterocycles. The Kier molecular flexibility index (Phi) is 12.4. The number of aliphatic carboxylic acids is 1. The highest BCUT2D eigenvalue weighted by atomic mass is 16.7. The van der Waals surface area contributed by atoms with Gasteiger partial charge in [-0.3, -0.25) is 4.79 Å². The molecule has 0 aromatic heterocycles. The van der Waals surface area contributed by atoms with Gasteiger partial charge >= 0.3 is 11.8 Å². The molecule has 2 aliphatic heterocycles. The van der Waals surface area contributed by atoms with E-state index in [2.05, 4.69) is 5.73 Å². The van der Waals surface area contributed by atoms with Crippen LogP contribution in [0.1, 0.15) is 64.7 Å². The van der Waals surface area contributed by atoms with E-state index in [-0.39, 0.29) is 48.8 Å². The van der Waals surface area contributed by atoms with Crippen LogP contribution in [0, 0.1) is 11.8 Å². The number of rotatable bonds is 14. The van der Waals surface area contributed by atoms with Gasteiger partial charge in [-0.1, -0.05) is 30.4 Å². The quantitative estimate of drug-likeness (QED) is 0.170. The number of hydrogen-bond acceptors (Lipinski definition) is 8. The molecule has 1 aliphatic carbocycles. The zero-order valence-corrected chi connectivity index (χ0v) is 24.7. The van der Waals surface area contributed by atoms with Gasteiger partial charge in [-0.05, 0) is 76.2 Å². The van der Waals surface area contributed by atoms with Gasteiger partial charge in [-0.25, -0.2) is 4.79 Å². The Hall–Kier alpha value is -2.78. The monoisotopic (exact) mass is 584 g/mol. The van der Waals surface area contributed by atoms with Gasteiger partial charge in [-0.15, -0.1) is 5.73 Å². The molecule has 1 N–H and O–H groups in total. The fourth-order valence-corrected chi connectivity index (χ4v) is 5.58. The van der Waals surface area contributed by atoms with Crippen LogP contribution in [-0.4, -0.2) is 67.8 Å². The third-order valence-corrected chi connectivity index (χ3v) is 7.94. The average Bonchev–Trinajstić information content (AvgIpc) is 3.29. The smallest absolute Gasteiger partial charge is 0.377 e. The van der Waals surface area contributed by atoms with E-state index >= 15 is 0 Å². The van der Waals surface area contributed by atoms with Crippen molar-refractivity contribution in [2.75, 3.05) is 20.3 Å². The lowest BCUT2D eigenvalue weighted by Crippen LogP contribution is -2.46. The summed E-state index contributed by atoms with van der Waals surface area (Å²) in [7, 11) is 1.30.